The lowest BCUT2D eigenvalue weighted by Crippen LogP contribution is -2.14. The van der Waals surface area contributed by atoms with Crippen molar-refractivity contribution in [2.24, 2.45) is 0 Å². The predicted molar refractivity (Wildman–Crippen MR) is 113 cm³/mol. The molecule has 0 bridgehead atoms. The van der Waals surface area contributed by atoms with E-state index in [-0.39, 0.29) is 0 Å². The van der Waals surface area contributed by atoms with Gasteiger partial charge in [-0.2, -0.15) is 15.0 Å². The average molecular weight is 368 g/mol. The van der Waals surface area contributed by atoms with Gasteiger partial charge in [0.1, 0.15) is 11.4 Å². The molecule has 1 aromatic heterocycles. The summed E-state index contributed by atoms with van der Waals surface area (Å²) in [6.45, 7) is 4.24. The second kappa shape index (κ2) is 8.63. The van der Waals surface area contributed by atoms with E-state index in [2.05, 4.69) is 72.9 Å². The van der Waals surface area contributed by atoms with Crippen molar-refractivity contribution < 1.29 is 0 Å². The molecule has 0 amide bonds. The highest BCUT2D eigenvalue weighted by molar-refractivity contribution is 5.60. The van der Waals surface area contributed by atoms with Gasteiger partial charge >= 0.3 is 0 Å². The number of aromatic nitrogens is 3. The molecule has 0 spiro atoms. The number of rotatable bonds is 7. The van der Waals surface area contributed by atoms with E-state index in [1.54, 1.807) is 4.80 Å². The van der Waals surface area contributed by atoms with E-state index in [1.807, 2.05) is 24.3 Å². The number of benzene rings is 3. The van der Waals surface area contributed by atoms with Crippen molar-refractivity contribution in [3.8, 4) is 11.3 Å². The van der Waals surface area contributed by atoms with E-state index >= 15 is 0 Å². The van der Waals surface area contributed by atoms with Crippen molar-refractivity contribution in [3.63, 3.8) is 0 Å². The lowest BCUT2D eigenvalue weighted by atomic mass is 10.1. The topological polar surface area (TPSA) is 42.7 Å². The Bertz CT molecular complexity index is 1010. The maximum Gasteiger partial charge on any atom is 0.117 e. The van der Waals surface area contributed by atoms with Crippen LogP contribution >= 0.6 is 0 Å². The minimum atomic E-state index is 0.665. The third kappa shape index (κ3) is 4.53. The Morgan fingerprint density at radius 2 is 1.39 bits per heavy atom. The Morgan fingerprint density at radius 3 is 2.11 bits per heavy atom. The molecule has 0 unspecified atom stereocenters. The number of nitrogens with zero attached hydrogens (tertiary/aromatic N) is 3. The lowest BCUT2D eigenvalue weighted by Gasteiger charge is -2.04. The zero-order valence-corrected chi connectivity index (χ0v) is 16.0. The first-order chi connectivity index (χ1) is 13.8. The number of hydrogen-bond donors (Lipinski definition) is 1. The Kier molecular flexibility index (Phi) is 5.59. The molecule has 3 aromatic carbocycles. The van der Waals surface area contributed by atoms with Crippen LogP contribution < -0.4 is 5.32 Å². The second-order valence-corrected chi connectivity index (χ2v) is 6.97. The number of hydrogen-bond acceptors (Lipinski definition) is 3. The number of nitrogens with one attached hydrogen (secondary N) is 1. The monoisotopic (exact) mass is 368 g/mol. The summed E-state index contributed by atoms with van der Waals surface area (Å²) < 4.78 is 0. The summed E-state index contributed by atoms with van der Waals surface area (Å²) in [4.78, 5) is 1.80. The smallest absolute Gasteiger partial charge is 0.117 e. The van der Waals surface area contributed by atoms with E-state index in [1.165, 1.54) is 16.7 Å². The van der Waals surface area contributed by atoms with Crippen molar-refractivity contribution in [2.45, 2.75) is 26.6 Å². The van der Waals surface area contributed by atoms with Gasteiger partial charge in [-0.1, -0.05) is 90.5 Å². The minimum Gasteiger partial charge on any atom is -0.307 e. The summed E-state index contributed by atoms with van der Waals surface area (Å²) in [6.07, 6.45) is 0. The van der Waals surface area contributed by atoms with Crippen molar-refractivity contribution >= 4 is 0 Å². The molecule has 0 atom stereocenters. The van der Waals surface area contributed by atoms with Crippen LogP contribution in [-0.4, -0.2) is 15.0 Å². The highest BCUT2D eigenvalue weighted by atomic mass is 15.5. The quantitative estimate of drug-likeness (QED) is 0.519. The first-order valence-electron chi connectivity index (χ1n) is 9.57. The van der Waals surface area contributed by atoms with E-state index in [9.17, 15) is 0 Å². The second-order valence-electron chi connectivity index (χ2n) is 6.97. The molecule has 1 N–H and O–H groups in total. The summed E-state index contributed by atoms with van der Waals surface area (Å²) in [5.74, 6) is 0. The summed E-state index contributed by atoms with van der Waals surface area (Å²) in [5, 5.41) is 13.1. The molecule has 4 rings (SSSR count). The maximum atomic E-state index is 4.79. The fourth-order valence-electron chi connectivity index (χ4n) is 3.17. The van der Waals surface area contributed by atoms with E-state index in [0.29, 0.717) is 13.1 Å². The molecular weight excluding hydrogens is 344 g/mol. The molecule has 140 valence electrons. The number of aryl methyl sites for hydroxylation is 1. The van der Waals surface area contributed by atoms with Crippen LogP contribution in [0.5, 0.6) is 0 Å². The third-order valence-corrected chi connectivity index (χ3v) is 4.68. The molecule has 0 aliphatic carbocycles. The molecule has 1 heterocycles. The van der Waals surface area contributed by atoms with Gasteiger partial charge in [-0.25, -0.2) is 0 Å². The van der Waals surface area contributed by atoms with Crippen molar-refractivity contribution in [1.82, 2.24) is 20.3 Å². The molecular formula is C24H24N4. The van der Waals surface area contributed by atoms with Crippen LogP contribution in [0.4, 0.5) is 0 Å². The van der Waals surface area contributed by atoms with Gasteiger partial charge in [0.2, 0.25) is 0 Å². The minimum absolute atomic E-state index is 0.665. The van der Waals surface area contributed by atoms with E-state index in [0.717, 1.165) is 23.5 Å². The fraction of sp³-hybridized carbons (Fsp3) is 0.167. The predicted octanol–water partition coefficient (Wildman–Crippen LogP) is 4.59. The zero-order chi connectivity index (χ0) is 19.2. The lowest BCUT2D eigenvalue weighted by molar-refractivity contribution is 0.576. The SMILES string of the molecule is Cc1ccc(Cn2nc(CNCc3ccccc3)c(-c3ccccc3)n2)cc1. The largest absolute Gasteiger partial charge is 0.307 e. The van der Waals surface area contributed by atoms with Gasteiger partial charge in [-0.3, -0.25) is 0 Å². The molecule has 28 heavy (non-hydrogen) atoms. The summed E-state index contributed by atoms with van der Waals surface area (Å²) >= 11 is 0. The summed E-state index contributed by atoms with van der Waals surface area (Å²) in [5.41, 5.74) is 6.71. The van der Waals surface area contributed by atoms with Gasteiger partial charge in [0.15, 0.2) is 0 Å². The van der Waals surface area contributed by atoms with Crippen LogP contribution in [0.15, 0.2) is 84.9 Å². The molecule has 0 aliphatic rings. The van der Waals surface area contributed by atoms with Crippen LogP contribution in [0.25, 0.3) is 11.3 Å². The molecule has 0 saturated heterocycles. The van der Waals surface area contributed by atoms with Gasteiger partial charge in [-0.05, 0) is 18.1 Å². The molecule has 4 nitrogen and oxygen atoms in total. The van der Waals surface area contributed by atoms with Crippen LogP contribution in [-0.2, 0) is 19.6 Å². The Hall–Kier alpha value is -3.24. The van der Waals surface area contributed by atoms with Crippen molar-refractivity contribution in [1.29, 1.82) is 0 Å². The first kappa shape index (κ1) is 18.1. The van der Waals surface area contributed by atoms with Crippen LogP contribution in [0.1, 0.15) is 22.4 Å². The standard InChI is InChI=1S/C24H24N4/c1-19-12-14-21(15-13-19)18-28-26-23(17-25-16-20-8-4-2-5-9-20)24(27-28)22-10-6-3-7-11-22/h2-15,25H,16-18H2,1H3. The highest BCUT2D eigenvalue weighted by Crippen LogP contribution is 2.20. The summed E-state index contributed by atoms with van der Waals surface area (Å²) in [7, 11) is 0. The van der Waals surface area contributed by atoms with Crippen LogP contribution in [0.2, 0.25) is 0 Å². The Labute approximate surface area is 165 Å². The maximum absolute atomic E-state index is 4.79. The Balaban J connectivity index is 1.54. The van der Waals surface area contributed by atoms with Gasteiger partial charge in [0, 0.05) is 18.7 Å². The molecule has 0 radical (unpaired) electrons. The van der Waals surface area contributed by atoms with Gasteiger partial charge in [0.25, 0.3) is 0 Å². The van der Waals surface area contributed by atoms with Crippen molar-refractivity contribution in [2.75, 3.05) is 0 Å². The Morgan fingerprint density at radius 1 is 0.714 bits per heavy atom. The molecule has 4 heteroatoms. The fourth-order valence-corrected chi connectivity index (χ4v) is 3.17. The third-order valence-electron chi connectivity index (χ3n) is 4.68. The van der Waals surface area contributed by atoms with Gasteiger partial charge in [-0.15, -0.1) is 0 Å². The van der Waals surface area contributed by atoms with Gasteiger partial charge < -0.3 is 5.32 Å². The van der Waals surface area contributed by atoms with Crippen LogP contribution in [0, 0.1) is 6.92 Å². The molecule has 0 aliphatic heterocycles. The molecule has 4 aromatic rings. The zero-order valence-electron chi connectivity index (χ0n) is 16.0. The normalized spacial score (nSPS) is 10.9. The van der Waals surface area contributed by atoms with E-state index in [4.69, 9.17) is 10.2 Å². The molecule has 0 fully saturated rings. The molecule has 0 saturated carbocycles. The van der Waals surface area contributed by atoms with Gasteiger partial charge in [0.05, 0.1) is 6.54 Å². The highest BCUT2D eigenvalue weighted by Gasteiger charge is 2.13. The van der Waals surface area contributed by atoms with Crippen molar-refractivity contribution in [3.05, 3.63) is 107 Å². The average Bonchev–Trinajstić information content (AvgIpc) is 3.14. The summed E-state index contributed by atoms with van der Waals surface area (Å²) in [6, 6.07) is 29.2. The van der Waals surface area contributed by atoms with Crippen LogP contribution in [0.3, 0.4) is 0 Å². The first-order valence-corrected chi connectivity index (χ1v) is 9.57. The van der Waals surface area contributed by atoms with E-state index < -0.39 is 0 Å².